The lowest BCUT2D eigenvalue weighted by Gasteiger charge is -2.09. The summed E-state index contributed by atoms with van der Waals surface area (Å²) in [6, 6.07) is 13.0. The second-order valence-corrected chi connectivity index (χ2v) is 5.32. The molecule has 2 aromatic carbocycles. The molecule has 0 aliphatic heterocycles. The predicted octanol–water partition coefficient (Wildman–Crippen LogP) is 4.57. The second-order valence-electron chi connectivity index (χ2n) is 5.32. The van der Waals surface area contributed by atoms with Gasteiger partial charge in [0.1, 0.15) is 11.5 Å². The van der Waals surface area contributed by atoms with E-state index < -0.39 is 0 Å². The van der Waals surface area contributed by atoms with Gasteiger partial charge in [-0.2, -0.15) is 0 Å². The van der Waals surface area contributed by atoms with E-state index in [1.807, 2.05) is 37.3 Å². The Morgan fingerprint density at radius 1 is 1.05 bits per heavy atom. The molecule has 0 bridgehead atoms. The van der Waals surface area contributed by atoms with E-state index in [2.05, 4.69) is 6.92 Å². The molecular formula is C19H22O3. The van der Waals surface area contributed by atoms with E-state index in [1.165, 1.54) is 18.4 Å². The van der Waals surface area contributed by atoms with Gasteiger partial charge in [-0.05, 0) is 61.2 Å². The lowest BCUT2D eigenvalue weighted by molar-refractivity contribution is 0.0734. The van der Waals surface area contributed by atoms with E-state index in [9.17, 15) is 4.79 Å². The molecule has 0 atom stereocenters. The van der Waals surface area contributed by atoms with Crippen LogP contribution in [0.25, 0.3) is 0 Å². The van der Waals surface area contributed by atoms with Gasteiger partial charge in [-0.15, -0.1) is 0 Å². The van der Waals surface area contributed by atoms with Gasteiger partial charge in [0.25, 0.3) is 0 Å². The van der Waals surface area contributed by atoms with Crippen LogP contribution in [-0.4, -0.2) is 13.1 Å². The van der Waals surface area contributed by atoms with Crippen LogP contribution < -0.4 is 9.47 Å². The Morgan fingerprint density at radius 2 is 1.73 bits per heavy atom. The third-order valence-electron chi connectivity index (χ3n) is 3.61. The number of rotatable bonds is 6. The number of aryl methyl sites for hydroxylation is 2. The molecule has 0 aliphatic rings. The van der Waals surface area contributed by atoms with E-state index in [-0.39, 0.29) is 5.97 Å². The predicted molar refractivity (Wildman–Crippen MR) is 87.7 cm³/mol. The topological polar surface area (TPSA) is 35.5 Å². The Kier molecular flexibility index (Phi) is 5.59. The molecule has 0 radical (unpaired) electrons. The van der Waals surface area contributed by atoms with Crippen molar-refractivity contribution in [1.29, 1.82) is 0 Å². The number of ether oxygens (including phenoxy) is 2. The molecule has 2 aromatic rings. The van der Waals surface area contributed by atoms with Crippen molar-refractivity contribution in [2.24, 2.45) is 0 Å². The maximum atomic E-state index is 12.2. The molecule has 0 saturated carbocycles. The molecule has 0 aliphatic carbocycles. The normalized spacial score (nSPS) is 10.3. The number of methoxy groups -OCH3 is 1. The van der Waals surface area contributed by atoms with Crippen LogP contribution in [0.15, 0.2) is 42.5 Å². The largest absolute Gasteiger partial charge is 0.497 e. The lowest BCUT2D eigenvalue weighted by Crippen LogP contribution is -2.10. The third-order valence-corrected chi connectivity index (χ3v) is 3.61. The maximum Gasteiger partial charge on any atom is 0.343 e. The van der Waals surface area contributed by atoms with Crippen molar-refractivity contribution < 1.29 is 14.3 Å². The molecule has 0 unspecified atom stereocenters. The summed E-state index contributed by atoms with van der Waals surface area (Å²) in [4.78, 5) is 12.2. The fourth-order valence-corrected chi connectivity index (χ4v) is 2.26. The van der Waals surface area contributed by atoms with Crippen molar-refractivity contribution in [3.8, 4) is 11.5 Å². The molecule has 0 spiro atoms. The molecule has 0 heterocycles. The highest BCUT2D eigenvalue weighted by Crippen LogP contribution is 2.20. The number of hydrogen-bond donors (Lipinski definition) is 0. The van der Waals surface area contributed by atoms with Crippen molar-refractivity contribution >= 4 is 5.97 Å². The number of carbonyl (C=O) groups excluding carboxylic acids is 1. The van der Waals surface area contributed by atoms with E-state index >= 15 is 0 Å². The summed E-state index contributed by atoms with van der Waals surface area (Å²) in [6.07, 6.45) is 3.40. The van der Waals surface area contributed by atoms with Gasteiger partial charge >= 0.3 is 5.97 Å². The van der Waals surface area contributed by atoms with Crippen molar-refractivity contribution in [2.45, 2.75) is 33.1 Å². The summed E-state index contributed by atoms with van der Waals surface area (Å²) in [5, 5.41) is 0. The molecule has 0 N–H and O–H groups in total. The second kappa shape index (κ2) is 7.64. The van der Waals surface area contributed by atoms with Crippen LogP contribution in [0.5, 0.6) is 11.5 Å². The highest BCUT2D eigenvalue weighted by molar-refractivity contribution is 5.92. The highest BCUT2D eigenvalue weighted by Gasteiger charge is 2.12. The van der Waals surface area contributed by atoms with E-state index in [0.29, 0.717) is 11.3 Å². The molecule has 0 amide bonds. The first kappa shape index (κ1) is 16.1. The van der Waals surface area contributed by atoms with Crippen LogP contribution in [0.4, 0.5) is 0 Å². The SMILES string of the molecule is CCCCc1ccc(OC(=O)c2ccc(OC)cc2C)cc1. The Bertz CT molecular complexity index is 630. The van der Waals surface area contributed by atoms with Crippen molar-refractivity contribution in [1.82, 2.24) is 0 Å². The summed E-state index contributed by atoms with van der Waals surface area (Å²) >= 11 is 0. The van der Waals surface area contributed by atoms with Gasteiger partial charge in [0, 0.05) is 0 Å². The number of esters is 1. The molecule has 116 valence electrons. The monoisotopic (exact) mass is 298 g/mol. The van der Waals surface area contributed by atoms with Crippen LogP contribution in [0.3, 0.4) is 0 Å². The van der Waals surface area contributed by atoms with Crippen LogP contribution in [-0.2, 0) is 6.42 Å². The summed E-state index contributed by atoms with van der Waals surface area (Å²) < 4.78 is 10.6. The zero-order valence-corrected chi connectivity index (χ0v) is 13.4. The summed E-state index contributed by atoms with van der Waals surface area (Å²) in [7, 11) is 1.60. The van der Waals surface area contributed by atoms with Crippen molar-refractivity contribution in [2.75, 3.05) is 7.11 Å². The zero-order valence-electron chi connectivity index (χ0n) is 13.4. The smallest absolute Gasteiger partial charge is 0.343 e. The van der Waals surface area contributed by atoms with Crippen LogP contribution in [0, 0.1) is 6.92 Å². The Balaban J connectivity index is 2.05. The summed E-state index contributed by atoms with van der Waals surface area (Å²) in [6.45, 7) is 4.04. The average molecular weight is 298 g/mol. The molecule has 0 fully saturated rings. The van der Waals surface area contributed by atoms with E-state index in [4.69, 9.17) is 9.47 Å². The minimum Gasteiger partial charge on any atom is -0.497 e. The van der Waals surface area contributed by atoms with Crippen LogP contribution >= 0.6 is 0 Å². The van der Waals surface area contributed by atoms with Gasteiger partial charge < -0.3 is 9.47 Å². The molecular weight excluding hydrogens is 276 g/mol. The first-order valence-corrected chi connectivity index (χ1v) is 7.59. The minimum atomic E-state index is -0.346. The van der Waals surface area contributed by atoms with Crippen LogP contribution in [0.2, 0.25) is 0 Å². The molecule has 3 heteroatoms. The lowest BCUT2D eigenvalue weighted by atomic mass is 10.1. The van der Waals surface area contributed by atoms with Gasteiger partial charge in [0.15, 0.2) is 0 Å². The Hall–Kier alpha value is -2.29. The quantitative estimate of drug-likeness (QED) is 0.579. The number of unbranched alkanes of at least 4 members (excludes halogenated alkanes) is 1. The number of carbonyl (C=O) groups is 1. The van der Waals surface area contributed by atoms with Gasteiger partial charge in [-0.3, -0.25) is 0 Å². The first-order chi connectivity index (χ1) is 10.6. The maximum absolute atomic E-state index is 12.2. The minimum absolute atomic E-state index is 0.346. The number of hydrogen-bond acceptors (Lipinski definition) is 3. The third kappa shape index (κ3) is 4.10. The summed E-state index contributed by atoms with van der Waals surface area (Å²) in [5.74, 6) is 0.955. The fraction of sp³-hybridized carbons (Fsp3) is 0.316. The van der Waals surface area contributed by atoms with E-state index in [1.54, 1.807) is 19.2 Å². The molecule has 3 nitrogen and oxygen atoms in total. The first-order valence-electron chi connectivity index (χ1n) is 7.59. The van der Waals surface area contributed by atoms with Gasteiger partial charge in [-0.25, -0.2) is 4.79 Å². The Morgan fingerprint density at radius 3 is 2.32 bits per heavy atom. The van der Waals surface area contributed by atoms with Crippen LogP contribution in [0.1, 0.15) is 41.3 Å². The number of benzene rings is 2. The standard InChI is InChI=1S/C19H22O3/c1-4-5-6-15-7-9-16(10-8-15)22-19(20)18-12-11-17(21-3)13-14(18)2/h7-13H,4-6H2,1-3H3. The van der Waals surface area contributed by atoms with E-state index in [0.717, 1.165) is 17.7 Å². The van der Waals surface area contributed by atoms with Gasteiger partial charge in [0.05, 0.1) is 12.7 Å². The van der Waals surface area contributed by atoms with Crippen molar-refractivity contribution in [3.63, 3.8) is 0 Å². The molecule has 0 saturated heterocycles. The fourth-order valence-electron chi connectivity index (χ4n) is 2.26. The molecule has 22 heavy (non-hydrogen) atoms. The Labute approximate surface area is 131 Å². The molecule has 2 rings (SSSR count). The zero-order chi connectivity index (χ0) is 15.9. The highest BCUT2D eigenvalue weighted by atomic mass is 16.5. The summed E-state index contributed by atoms with van der Waals surface area (Å²) in [5.41, 5.74) is 2.65. The van der Waals surface area contributed by atoms with Gasteiger partial charge in [0.2, 0.25) is 0 Å². The van der Waals surface area contributed by atoms with Gasteiger partial charge in [-0.1, -0.05) is 25.5 Å². The molecule has 0 aromatic heterocycles. The van der Waals surface area contributed by atoms with Crippen molar-refractivity contribution in [3.05, 3.63) is 59.2 Å². The average Bonchev–Trinajstić information content (AvgIpc) is 2.53.